The summed E-state index contributed by atoms with van der Waals surface area (Å²) >= 11 is 0.990. The first kappa shape index (κ1) is 14.7. The lowest BCUT2D eigenvalue weighted by Crippen LogP contribution is -2.41. The largest absolute Gasteiger partial charge is 0.525 e. The van der Waals surface area contributed by atoms with Crippen LogP contribution in [-0.4, -0.2) is 40.3 Å². The Morgan fingerprint density at radius 1 is 1.05 bits per heavy atom. The van der Waals surface area contributed by atoms with Crippen LogP contribution in [0.15, 0.2) is 11.3 Å². The number of hydrogen-bond acceptors (Lipinski definition) is 7. The molecular weight excluding hydrogens is 298 g/mol. The lowest BCUT2D eigenvalue weighted by Gasteiger charge is -2.32. The molecule has 1 aromatic heterocycles. The van der Waals surface area contributed by atoms with Crippen molar-refractivity contribution in [2.75, 3.05) is 13.2 Å². The molecule has 3 heterocycles. The summed E-state index contributed by atoms with van der Waals surface area (Å²) in [5.74, 6) is 0.577. The van der Waals surface area contributed by atoms with Crippen molar-refractivity contribution in [1.29, 1.82) is 0 Å². The standard InChI is InChI=1S/C12H16BFN2O4S/c1-11(2)12(3,4)20-13(19-11)8(14)7-5-17-9-10(18-6-7)16-21-15-9/h5-6H2,1-4H3. The molecule has 0 aliphatic carbocycles. The van der Waals surface area contributed by atoms with E-state index in [0.29, 0.717) is 5.57 Å². The molecule has 3 rings (SSSR count). The number of hydrogen-bond donors (Lipinski definition) is 0. The molecule has 2 aliphatic rings. The van der Waals surface area contributed by atoms with Crippen LogP contribution in [-0.2, 0) is 9.31 Å². The summed E-state index contributed by atoms with van der Waals surface area (Å²) in [7, 11) is -1.05. The van der Waals surface area contributed by atoms with Gasteiger partial charge < -0.3 is 18.8 Å². The molecule has 0 aromatic carbocycles. The third kappa shape index (κ3) is 2.53. The molecule has 9 heteroatoms. The Morgan fingerprint density at radius 2 is 1.52 bits per heavy atom. The van der Waals surface area contributed by atoms with E-state index in [2.05, 4.69) is 8.75 Å². The molecule has 1 aromatic rings. The van der Waals surface area contributed by atoms with Gasteiger partial charge >= 0.3 is 7.12 Å². The van der Waals surface area contributed by atoms with Crippen LogP contribution < -0.4 is 9.47 Å². The molecule has 0 bridgehead atoms. The number of aromatic nitrogens is 2. The van der Waals surface area contributed by atoms with Crippen molar-refractivity contribution in [2.24, 2.45) is 0 Å². The molecule has 0 radical (unpaired) electrons. The van der Waals surface area contributed by atoms with Crippen molar-refractivity contribution >= 4 is 18.8 Å². The second kappa shape index (κ2) is 4.93. The fraction of sp³-hybridized carbons (Fsp3) is 0.667. The number of ether oxygens (including phenoxy) is 2. The van der Waals surface area contributed by atoms with E-state index in [1.807, 2.05) is 27.7 Å². The molecule has 0 spiro atoms. The van der Waals surface area contributed by atoms with Crippen molar-refractivity contribution in [3.8, 4) is 11.8 Å². The van der Waals surface area contributed by atoms with Crippen molar-refractivity contribution in [2.45, 2.75) is 38.9 Å². The molecule has 0 amide bonds. The maximum atomic E-state index is 14.6. The lowest BCUT2D eigenvalue weighted by atomic mass is 9.85. The molecule has 0 unspecified atom stereocenters. The Balaban J connectivity index is 1.79. The van der Waals surface area contributed by atoms with Crippen LogP contribution in [0.5, 0.6) is 11.8 Å². The minimum Gasteiger partial charge on any atom is -0.468 e. The van der Waals surface area contributed by atoms with Gasteiger partial charge in [0.05, 0.1) is 22.9 Å². The zero-order chi connectivity index (χ0) is 15.3. The van der Waals surface area contributed by atoms with Gasteiger partial charge in [0.1, 0.15) is 18.9 Å². The maximum absolute atomic E-state index is 14.6. The van der Waals surface area contributed by atoms with Crippen LogP contribution in [0.4, 0.5) is 4.39 Å². The second-order valence-electron chi connectivity index (χ2n) is 5.99. The summed E-state index contributed by atoms with van der Waals surface area (Å²) in [6.07, 6.45) is 0. The van der Waals surface area contributed by atoms with E-state index < -0.39 is 24.0 Å². The zero-order valence-corrected chi connectivity index (χ0v) is 13.1. The number of fused-ring (bicyclic) bond motifs is 1. The Bertz CT molecular complexity index is 549. The van der Waals surface area contributed by atoms with Gasteiger partial charge in [-0.1, -0.05) is 0 Å². The van der Waals surface area contributed by atoms with E-state index in [1.165, 1.54) is 0 Å². The van der Waals surface area contributed by atoms with E-state index in [0.717, 1.165) is 11.7 Å². The smallest absolute Gasteiger partial charge is 0.468 e. The Morgan fingerprint density at radius 3 is 2.00 bits per heavy atom. The lowest BCUT2D eigenvalue weighted by molar-refractivity contribution is 0.00578. The molecular formula is C12H16BFN2O4S. The third-order valence-electron chi connectivity index (χ3n) is 3.99. The van der Waals surface area contributed by atoms with Crippen LogP contribution in [0, 0.1) is 0 Å². The number of rotatable bonds is 1. The average Bonchev–Trinajstić information content (AvgIpc) is 2.85. The van der Waals surface area contributed by atoms with Gasteiger partial charge in [0.25, 0.3) is 11.8 Å². The van der Waals surface area contributed by atoms with E-state index in [1.54, 1.807) is 0 Å². The summed E-state index contributed by atoms with van der Waals surface area (Å²) in [6, 6.07) is 0. The Hall–Kier alpha value is -1.19. The third-order valence-corrected chi connectivity index (χ3v) is 4.49. The summed E-state index contributed by atoms with van der Waals surface area (Å²) in [5.41, 5.74) is -1.37. The van der Waals surface area contributed by atoms with Gasteiger partial charge in [-0.3, -0.25) is 0 Å². The normalized spacial score (nSPS) is 23.1. The SMILES string of the molecule is CC1(C)OB(C(F)=C2COc3nsnc3OC2)OC1(C)C. The Kier molecular flexibility index (Phi) is 3.46. The van der Waals surface area contributed by atoms with E-state index in [-0.39, 0.29) is 25.0 Å². The van der Waals surface area contributed by atoms with Crippen LogP contribution in [0.2, 0.25) is 0 Å². The zero-order valence-electron chi connectivity index (χ0n) is 12.3. The summed E-state index contributed by atoms with van der Waals surface area (Å²) < 4.78 is 44.6. The summed E-state index contributed by atoms with van der Waals surface area (Å²) in [6.45, 7) is 7.56. The quantitative estimate of drug-likeness (QED) is 0.740. The molecule has 1 fully saturated rings. The molecule has 2 aliphatic heterocycles. The van der Waals surface area contributed by atoms with Gasteiger partial charge in [-0.15, -0.1) is 8.75 Å². The molecule has 6 nitrogen and oxygen atoms in total. The van der Waals surface area contributed by atoms with Crippen LogP contribution in [0.3, 0.4) is 0 Å². The second-order valence-corrected chi connectivity index (χ2v) is 6.52. The Labute approximate surface area is 126 Å². The van der Waals surface area contributed by atoms with E-state index >= 15 is 0 Å². The van der Waals surface area contributed by atoms with Crippen molar-refractivity contribution in [1.82, 2.24) is 8.75 Å². The predicted octanol–water partition coefficient (Wildman–Crippen LogP) is 2.16. The van der Waals surface area contributed by atoms with E-state index in [4.69, 9.17) is 18.8 Å². The minimum atomic E-state index is -1.05. The number of halogens is 1. The first-order valence-corrected chi connectivity index (χ1v) is 7.34. The van der Waals surface area contributed by atoms with E-state index in [9.17, 15) is 4.39 Å². The molecule has 1 saturated heterocycles. The van der Waals surface area contributed by atoms with Gasteiger partial charge in [-0.25, -0.2) is 4.39 Å². The van der Waals surface area contributed by atoms with Gasteiger partial charge in [0, 0.05) is 5.57 Å². The fourth-order valence-electron chi connectivity index (χ4n) is 1.95. The van der Waals surface area contributed by atoms with Gasteiger partial charge in [-0.05, 0) is 27.7 Å². The van der Waals surface area contributed by atoms with Crippen LogP contribution in [0.25, 0.3) is 0 Å². The van der Waals surface area contributed by atoms with Crippen LogP contribution >= 0.6 is 11.7 Å². The van der Waals surface area contributed by atoms with Crippen molar-refractivity contribution < 1.29 is 23.2 Å². The predicted molar refractivity (Wildman–Crippen MR) is 75.1 cm³/mol. The average molecular weight is 314 g/mol. The monoisotopic (exact) mass is 314 g/mol. The van der Waals surface area contributed by atoms with Gasteiger partial charge in [-0.2, -0.15) is 0 Å². The minimum absolute atomic E-state index is 0.0360. The molecule has 21 heavy (non-hydrogen) atoms. The molecule has 0 N–H and O–H groups in total. The van der Waals surface area contributed by atoms with Gasteiger partial charge in [0.15, 0.2) is 0 Å². The highest BCUT2D eigenvalue weighted by molar-refractivity contribution is 6.99. The molecule has 114 valence electrons. The van der Waals surface area contributed by atoms with Crippen molar-refractivity contribution in [3.63, 3.8) is 0 Å². The molecule has 0 atom stereocenters. The van der Waals surface area contributed by atoms with Gasteiger partial charge in [0.2, 0.25) is 0 Å². The number of nitrogens with zero attached hydrogens (tertiary/aromatic N) is 2. The highest BCUT2D eigenvalue weighted by atomic mass is 32.1. The molecule has 0 saturated carbocycles. The fourth-order valence-corrected chi connectivity index (χ4v) is 2.40. The van der Waals surface area contributed by atoms with Crippen molar-refractivity contribution in [3.05, 3.63) is 11.3 Å². The maximum Gasteiger partial charge on any atom is 0.525 e. The highest BCUT2D eigenvalue weighted by Gasteiger charge is 2.53. The highest BCUT2D eigenvalue weighted by Crippen LogP contribution is 2.39. The first-order valence-electron chi connectivity index (χ1n) is 6.61. The topological polar surface area (TPSA) is 62.7 Å². The summed E-state index contributed by atoms with van der Waals surface area (Å²) in [5, 5.41) is 0. The summed E-state index contributed by atoms with van der Waals surface area (Å²) in [4.78, 5) is 0. The van der Waals surface area contributed by atoms with Crippen LogP contribution in [0.1, 0.15) is 27.7 Å². The first-order chi connectivity index (χ1) is 9.80.